The molecule has 9 nitrogen and oxygen atoms in total. The second kappa shape index (κ2) is 15.7. The van der Waals surface area contributed by atoms with Gasteiger partial charge in [-0.2, -0.15) is 0 Å². The lowest BCUT2D eigenvalue weighted by Gasteiger charge is -2.25. The quantitative estimate of drug-likeness (QED) is 0.0478. The van der Waals surface area contributed by atoms with Gasteiger partial charge in [-0.15, -0.1) is 0 Å². The van der Waals surface area contributed by atoms with Gasteiger partial charge >= 0.3 is 0 Å². The lowest BCUT2D eigenvalue weighted by atomic mass is 9.89. The van der Waals surface area contributed by atoms with Gasteiger partial charge < -0.3 is 37.2 Å². The van der Waals surface area contributed by atoms with Crippen molar-refractivity contribution in [1.29, 1.82) is 0 Å². The minimum Gasteiger partial charge on any atom is -0.460 e. The summed E-state index contributed by atoms with van der Waals surface area (Å²) in [6.07, 6.45) is 9.66. The van der Waals surface area contributed by atoms with E-state index in [1.54, 1.807) is 0 Å². The molecule has 4 aromatic carbocycles. The number of aliphatic imine (C=N–C) groups is 2. The van der Waals surface area contributed by atoms with E-state index in [1.165, 1.54) is 5.57 Å². The highest BCUT2D eigenvalue weighted by Crippen LogP contribution is 2.38. The third-order valence-corrected chi connectivity index (χ3v) is 9.66. The molecule has 0 saturated carbocycles. The van der Waals surface area contributed by atoms with Crippen LogP contribution in [-0.4, -0.2) is 17.7 Å². The lowest BCUT2D eigenvalue weighted by Crippen LogP contribution is -2.33. The molecule has 2 aliphatic carbocycles. The zero-order valence-electron chi connectivity index (χ0n) is 31.8. The van der Waals surface area contributed by atoms with Gasteiger partial charge in [0.05, 0.1) is 5.92 Å². The largest absolute Gasteiger partial charge is 0.460 e. The van der Waals surface area contributed by atoms with Crippen LogP contribution in [-0.2, 0) is 6.42 Å². The van der Waals surface area contributed by atoms with Crippen molar-refractivity contribution in [3.63, 3.8) is 0 Å². The van der Waals surface area contributed by atoms with Gasteiger partial charge in [0.25, 0.3) is 0 Å². The summed E-state index contributed by atoms with van der Waals surface area (Å²) in [5.74, 6) is 2.68. The first-order chi connectivity index (χ1) is 26.5. The molecule has 9 heteroatoms. The monoisotopic (exact) mass is 728 g/mol. The number of nitrogens with one attached hydrogen (secondary N) is 4. The molecular formula is C46H48N8O. The van der Waals surface area contributed by atoms with E-state index in [-0.39, 0.29) is 12.0 Å². The third kappa shape index (κ3) is 8.74. The Morgan fingerprint density at radius 2 is 1.38 bits per heavy atom. The number of hydrogen-bond acceptors (Lipinski definition) is 7. The van der Waals surface area contributed by atoms with Gasteiger partial charge in [0.2, 0.25) is 0 Å². The van der Waals surface area contributed by atoms with E-state index in [1.807, 2.05) is 86.7 Å². The van der Waals surface area contributed by atoms with Crippen LogP contribution in [0, 0.1) is 26.7 Å². The van der Waals surface area contributed by atoms with Crippen LogP contribution in [0.5, 0.6) is 0 Å². The SMILES string of the molecule is C=C(/N=C(/Nc1cccc(C)c1)c1cc2oc3c(c2cc1N)C=C(N)C(/C(=N\C(=C)NC1C=CC=C(C)C1)Nc1cccc(C)c1)C3)Nc1cccc(C)c1. The number of amidine groups is 2. The molecule has 0 fully saturated rings. The molecule has 5 aromatic rings. The van der Waals surface area contributed by atoms with E-state index in [0.717, 1.165) is 56.9 Å². The van der Waals surface area contributed by atoms with Crippen molar-refractivity contribution in [1.82, 2.24) is 5.32 Å². The van der Waals surface area contributed by atoms with Gasteiger partial charge in [0.1, 0.15) is 34.7 Å². The van der Waals surface area contributed by atoms with Gasteiger partial charge in [-0.05, 0) is 105 Å². The van der Waals surface area contributed by atoms with Crippen molar-refractivity contribution in [2.75, 3.05) is 21.7 Å². The fraction of sp³-hybridized carbons (Fsp3) is 0.174. The highest BCUT2D eigenvalue weighted by molar-refractivity contribution is 6.14. The first-order valence-electron chi connectivity index (χ1n) is 18.5. The Kier molecular flexibility index (Phi) is 10.5. The molecule has 0 spiro atoms. The number of benzene rings is 4. The number of hydrogen-bond donors (Lipinski definition) is 6. The second-order valence-electron chi connectivity index (χ2n) is 14.5. The molecular weight excluding hydrogens is 681 g/mol. The first kappa shape index (κ1) is 36.6. The van der Waals surface area contributed by atoms with Crippen molar-refractivity contribution < 1.29 is 4.42 Å². The van der Waals surface area contributed by atoms with Gasteiger partial charge in [-0.3, -0.25) is 0 Å². The standard InChI is InChI=1S/C46H48N8O/c1-27-11-7-15-33(19-27)49-31(5)51-45(53-35-17-9-13-29(3)21-35)39-25-43-37(23-41(39)47)38-24-42(48)40(26-44(38)55-43)46(54-36-18-10-14-30(4)22-36)52-32(6)50-34-16-8-12-28(2)20-34/h7-19,21-25,34,40,49-50H,5-6,20,26,47-48H2,1-4H3,(H,51,53)(H,52,54). The van der Waals surface area contributed by atoms with E-state index in [2.05, 4.69) is 84.7 Å². The van der Waals surface area contributed by atoms with E-state index >= 15 is 0 Å². The number of allylic oxidation sites excluding steroid dienone is 2. The Morgan fingerprint density at radius 1 is 0.745 bits per heavy atom. The van der Waals surface area contributed by atoms with Crippen LogP contribution in [0.25, 0.3) is 17.0 Å². The van der Waals surface area contributed by atoms with Crippen LogP contribution in [0.2, 0.25) is 0 Å². The maximum Gasteiger partial charge on any atom is 0.142 e. The molecule has 1 aromatic heterocycles. The number of nitrogen functional groups attached to an aromatic ring is 1. The van der Waals surface area contributed by atoms with Gasteiger partial charge in [-0.1, -0.05) is 73.4 Å². The number of furan rings is 1. The molecule has 1 heterocycles. The Labute approximate surface area is 323 Å². The molecule has 7 rings (SSSR count). The fourth-order valence-electron chi connectivity index (χ4n) is 7.03. The molecule has 0 radical (unpaired) electrons. The van der Waals surface area contributed by atoms with Crippen molar-refractivity contribution in [2.45, 2.75) is 46.6 Å². The maximum absolute atomic E-state index is 6.90. The minimum atomic E-state index is -0.302. The summed E-state index contributed by atoms with van der Waals surface area (Å²) in [4.78, 5) is 9.92. The van der Waals surface area contributed by atoms with Gasteiger partial charge in [0.15, 0.2) is 0 Å². The van der Waals surface area contributed by atoms with Crippen molar-refractivity contribution in [3.05, 3.63) is 173 Å². The highest BCUT2D eigenvalue weighted by Gasteiger charge is 2.30. The number of fused-ring (bicyclic) bond motifs is 3. The molecule has 278 valence electrons. The van der Waals surface area contributed by atoms with Crippen LogP contribution in [0.15, 0.2) is 154 Å². The second-order valence-corrected chi connectivity index (χ2v) is 14.5. The minimum absolute atomic E-state index is 0.103. The highest BCUT2D eigenvalue weighted by atomic mass is 16.3. The predicted octanol–water partition coefficient (Wildman–Crippen LogP) is 9.70. The van der Waals surface area contributed by atoms with E-state index in [0.29, 0.717) is 52.3 Å². The lowest BCUT2D eigenvalue weighted by molar-refractivity contribution is 0.524. The molecule has 8 N–H and O–H groups in total. The summed E-state index contributed by atoms with van der Waals surface area (Å²) in [5.41, 5.74) is 24.5. The van der Waals surface area contributed by atoms with Crippen molar-refractivity contribution in [3.8, 4) is 0 Å². The van der Waals surface area contributed by atoms with Crippen LogP contribution in [0.4, 0.5) is 22.7 Å². The number of rotatable bonds is 10. The van der Waals surface area contributed by atoms with Gasteiger partial charge in [-0.25, -0.2) is 9.98 Å². The molecule has 2 atom stereocenters. The Bertz CT molecular complexity index is 2460. The van der Waals surface area contributed by atoms with Crippen LogP contribution < -0.4 is 32.7 Å². The summed E-state index contributed by atoms with van der Waals surface area (Å²) in [6, 6.07) is 28.3. The predicted molar refractivity (Wildman–Crippen MR) is 231 cm³/mol. The summed E-state index contributed by atoms with van der Waals surface area (Å²) < 4.78 is 6.64. The summed E-state index contributed by atoms with van der Waals surface area (Å²) >= 11 is 0. The zero-order chi connectivity index (χ0) is 38.6. The third-order valence-electron chi connectivity index (χ3n) is 9.66. The van der Waals surface area contributed by atoms with E-state index in [9.17, 15) is 0 Å². The molecule has 0 aliphatic heterocycles. The van der Waals surface area contributed by atoms with Crippen LogP contribution >= 0.6 is 0 Å². The first-order valence-corrected chi connectivity index (χ1v) is 18.5. The molecule has 2 aliphatic rings. The Balaban J connectivity index is 1.22. The summed E-state index contributed by atoms with van der Waals surface area (Å²) in [7, 11) is 0. The number of nitrogens with two attached hydrogens (primary N) is 2. The molecule has 55 heavy (non-hydrogen) atoms. The van der Waals surface area contributed by atoms with Crippen LogP contribution in [0.1, 0.15) is 46.9 Å². The average Bonchev–Trinajstić information content (AvgIpc) is 3.46. The summed E-state index contributed by atoms with van der Waals surface area (Å²) in [5, 5.41) is 14.7. The average molecular weight is 729 g/mol. The molecule has 0 amide bonds. The fourth-order valence-corrected chi connectivity index (χ4v) is 7.03. The number of nitrogens with zero attached hydrogens (tertiary/aromatic N) is 2. The molecule has 2 unspecified atom stereocenters. The van der Waals surface area contributed by atoms with Crippen LogP contribution in [0.3, 0.4) is 0 Å². The smallest absolute Gasteiger partial charge is 0.142 e. The van der Waals surface area contributed by atoms with Gasteiger partial charge in [0, 0.05) is 57.4 Å². The number of aryl methyl sites for hydroxylation is 3. The van der Waals surface area contributed by atoms with E-state index < -0.39 is 0 Å². The molecule has 0 saturated heterocycles. The summed E-state index contributed by atoms with van der Waals surface area (Å²) in [6.45, 7) is 16.8. The van der Waals surface area contributed by atoms with Crippen molar-refractivity contribution >= 4 is 51.5 Å². The zero-order valence-corrected chi connectivity index (χ0v) is 31.8. The normalized spacial score (nSPS) is 16.9. The molecule has 0 bridgehead atoms. The topological polar surface area (TPSA) is 138 Å². The maximum atomic E-state index is 6.90. The number of anilines is 4. The Hall–Kier alpha value is -6.74. The Morgan fingerprint density at radius 3 is 2.02 bits per heavy atom. The van der Waals surface area contributed by atoms with Crippen molar-refractivity contribution in [2.24, 2.45) is 21.6 Å². The van der Waals surface area contributed by atoms with E-state index in [4.69, 9.17) is 25.9 Å².